The first kappa shape index (κ1) is 20.9. The molecule has 0 atom stereocenters. The number of ether oxygens (including phenoxy) is 1. The van der Waals surface area contributed by atoms with Crippen LogP contribution >= 0.6 is 11.3 Å². The fraction of sp³-hybridized carbons (Fsp3) is 0.208. The maximum absolute atomic E-state index is 13.0. The fourth-order valence-corrected chi connectivity index (χ4v) is 3.93. The zero-order valence-electron chi connectivity index (χ0n) is 17.1. The van der Waals surface area contributed by atoms with Gasteiger partial charge in [0.1, 0.15) is 11.6 Å². The van der Waals surface area contributed by atoms with Gasteiger partial charge in [-0.3, -0.25) is 4.79 Å². The number of hydrogen-bond acceptors (Lipinski definition) is 5. The Morgan fingerprint density at radius 2 is 1.77 bits per heavy atom. The van der Waals surface area contributed by atoms with Gasteiger partial charge in [0.05, 0.1) is 11.1 Å². The summed E-state index contributed by atoms with van der Waals surface area (Å²) in [5.74, 6) is 0.978. The highest BCUT2D eigenvalue weighted by Crippen LogP contribution is 2.14. The van der Waals surface area contributed by atoms with Crippen LogP contribution in [0.5, 0.6) is 5.75 Å². The number of benzene rings is 2. The number of nitrogens with zero attached hydrogens (tertiary/aromatic N) is 3. The Morgan fingerprint density at radius 1 is 1.03 bits per heavy atom. The van der Waals surface area contributed by atoms with Gasteiger partial charge in [0.25, 0.3) is 5.56 Å². The lowest BCUT2D eigenvalue weighted by molar-refractivity contribution is 0.306. The summed E-state index contributed by atoms with van der Waals surface area (Å²) in [6.07, 6.45) is 8.69. The molecule has 0 aliphatic heterocycles. The minimum atomic E-state index is -0.285. The summed E-state index contributed by atoms with van der Waals surface area (Å²) in [5, 5.41) is 4.27. The number of thiazole rings is 1. The molecule has 2 heterocycles. The molecule has 31 heavy (non-hydrogen) atoms. The first-order valence-electron chi connectivity index (χ1n) is 10.2. The Labute approximate surface area is 183 Å². The molecule has 0 aliphatic rings. The third kappa shape index (κ3) is 5.24. The van der Waals surface area contributed by atoms with E-state index >= 15 is 0 Å². The summed E-state index contributed by atoms with van der Waals surface area (Å²) in [7, 11) is 0. The van der Waals surface area contributed by atoms with Crippen molar-refractivity contribution in [3.63, 3.8) is 0 Å². The Morgan fingerprint density at radius 3 is 2.48 bits per heavy atom. The van der Waals surface area contributed by atoms with Gasteiger partial charge in [0.15, 0.2) is 5.82 Å². The predicted octanol–water partition coefficient (Wildman–Crippen LogP) is 4.58. The van der Waals surface area contributed by atoms with Gasteiger partial charge < -0.3 is 4.74 Å². The van der Waals surface area contributed by atoms with E-state index in [0.29, 0.717) is 21.9 Å². The van der Waals surface area contributed by atoms with E-state index in [1.807, 2.05) is 30.3 Å². The monoisotopic (exact) mass is 435 g/mol. The van der Waals surface area contributed by atoms with Gasteiger partial charge in [-0.1, -0.05) is 61.4 Å². The van der Waals surface area contributed by atoms with E-state index in [2.05, 4.69) is 17.0 Å². The minimum Gasteiger partial charge on any atom is -0.494 e. The summed E-state index contributed by atoms with van der Waals surface area (Å²) >= 11 is 1.29. The van der Waals surface area contributed by atoms with E-state index < -0.39 is 0 Å². The highest BCUT2D eigenvalue weighted by molar-refractivity contribution is 7.15. The molecule has 0 aliphatic carbocycles. The molecule has 4 rings (SSSR count). The van der Waals surface area contributed by atoms with Crippen LogP contribution in [0.2, 0.25) is 0 Å². The zero-order valence-corrected chi connectivity index (χ0v) is 17.9. The van der Waals surface area contributed by atoms with Gasteiger partial charge >= 0.3 is 0 Å². The van der Waals surface area contributed by atoms with Crippen molar-refractivity contribution in [2.24, 2.45) is 0 Å². The maximum atomic E-state index is 13.0. The van der Waals surface area contributed by atoms with Crippen molar-refractivity contribution in [2.75, 3.05) is 6.61 Å². The van der Waals surface area contributed by atoms with Crippen LogP contribution in [-0.4, -0.2) is 21.2 Å². The Hall–Kier alpha value is -3.32. The van der Waals surface area contributed by atoms with Gasteiger partial charge in [0, 0.05) is 0 Å². The molecular weight excluding hydrogens is 413 g/mol. The molecule has 4 aromatic rings. The quantitative estimate of drug-likeness (QED) is 0.380. The summed E-state index contributed by atoms with van der Waals surface area (Å²) in [5.41, 5.74) is 1.54. The summed E-state index contributed by atoms with van der Waals surface area (Å²) in [6, 6.07) is 13.8. The Balaban J connectivity index is 1.49. The van der Waals surface area contributed by atoms with E-state index in [-0.39, 0.29) is 11.4 Å². The van der Waals surface area contributed by atoms with Crippen LogP contribution < -0.4 is 14.8 Å². The van der Waals surface area contributed by atoms with Crippen LogP contribution in [0.25, 0.3) is 23.2 Å². The number of unbranched alkanes of at least 4 members (excludes halogenated alkanes) is 2. The molecule has 7 heteroatoms. The highest BCUT2D eigenvalue weighted by Gasteiger charge is 2.09. The van der Waals surface area contributed by atoms with E-state index in [1.54, 1.807) is 24.3 Å². The average molecular weight is 436 g/mol. The van der Waals surface area contributed by atoms with Crippen LogP contribution in [0, 0.1) is 5.82 Å². The number of halogens is 1. The van der Waals surface area contributed by atoms with E-state index in [4.69, 9.17) is 4.74 Å². The standard InChI is InChI=1S/C24H22FN3O2S/c1-2-3-4-15-30-20-12-7-18(8-13-20)16-21-23(29)28-24(31-21)26-22(27-28)14-9-17-5-10-19(25)11-6-17/h5-14,16H,2-4,15H2,1H3. The number of rotatable bonds is 8. The fourth-order valence-electron chi connectivity index (χ4n) is 3.02. The molecule has 0 fully saturated rings. The smallest absolute Gasteiger partial charge is 0.291 e. The van der Waals surface area contributed by atoms with Crippen molar-refractivity contribution in [1.29, 1.82) is 0 Å². The van der Waals surface area contributed by atoms with Gasteiger partial charge in [-0.25, -0.2) is 4.39 Å². The molecule has 0 radical (unpaired) electrons. The van der Waals surface area contributed by atoms with Gasteiger partial charge in [0.2, 0.25) is 4.96 Å². The second kappa shape index (κ2) is 9.66. The number of aromatic nitrogens is 3. The maximum Gasteiger partial charge on any atom is 0.291 e. The summed E-state index contributed by atoms with van der Waals surface area (Å²) in [4.78, 5) is 17.6. The highest BCUT2D eigenvalue weighted by atomic mass is 32.1. The van der Waals surface area contributed by atoms with Crippen LogP contribution in [0.4, 0.5) is 4.39 Å². The van der Waals surface area contributed by atoms with Crippen molar-refractivity contribution >= 4 is 34.5 Å². The van der Waals surface area contributed by atoms with Crippen molar-refractivity contribution < 1.29 is 9.13 Å². The normalized spacial score (nSPS) is 12.3. The third-order valence-corrected chi connectivity index (χ3v) is 5.65. The summed E-state index contributed by atoms with van der Waals surface area (Å²) in [6.45, 7) is 2.88. The SMILES string of the molecule is CCCCCOc1ccc(C=c2sc3nc(C=Cc4ccc(F)cc4)nn3c2=O)cc1. The van der Waals surface area contributed by atoms with Crippen molar-refractivity contribution in [3.8, 4) is 5.75 Å². The molecule has 2 aromatic heterocycles. The largest absolute Gasteiger partial charge is 0.494 e. The number of fused-ring (bicyclic) bond motifs is 1. The molecule has 0 unspecified atom stereocenters. The lowest BCUT2D eigenvalue weighted by atomic mass is 10.2. The summed E-state index contributed by atoms with van der Waals surface area (Å²) < 4.78 is 20.6. The van der Waals surface area contributed by atoms with Crippen molar-refractivity contribution in [3.05, 3.63) is 86.2 Å². The first-order chi connectivity index (χ1) is 15.1. The molecule has 0 saturated carbocycles. The first-order valence-corrected chi connectivity index (χ1v) is 11.0. The topological polar surface area (TPSA) is 56.5 Å². The molecule has 0 saturated heterocycles. The van der Waals surface area contributed by atoms with Gasteiger partial charge in [-0.15, -0.1) is 5.10 Å². The van der Waals surface area contributed by atoms with Gasteiger partial charge in [-0.2, -0.15) is 9.50 Å². The lowest BCUT2D eigenvalue weighted by Gasteiger charge is -2.05. The molecule has 0 spiro atoms. The Bertz CT molecular complexity index is 1290. The second-order valence-electron chi connectivity index (χ2n) is 7.09. The van der Waals surface area contributed by atoms with Crippen LogP contribution in [0.3, 0.4) is 0 Å². The van der Waals surface area contributed by atoms with E-state index in [1.165, 1.54) is 34.4 Å². The molecule has 0 N–H and O–H groups in total. The second-order valence-corrected chi connectivity index (χ2v) is 8.10. The lowest BCUT2D eigenvalue weighted by Crippen LogP contribution is -2.23. The van der Waals surface area contributed by atoms with Crippen LogP contribution in [-0.2, 0) is 0 Å². The predicted molar refractivity (Wildman–Crippen MR) is 123 cm³/mol. The third-order valence-electron chi connectivity index (χ3n) is 4.69. The molecule has 0 bridgehead atoms. The molecular formula is C24H22FN3O2S. The van der Waals surface area contributed by atoms with Crippen molar-refractivity contribution in [1.82, 2.24) is 14.6 Å². The Kier molecular flexibility index (Phi) is 6.52. The van der Waals surface area contributed by atoms with E-state index in [9.17, 15) is 9.18 Å². The molecule has 0 amide bonds. The van der Waals surface area contributed by atoms with E-state index in [0.717, 1.165) is 29.7 Å². The van der Waals surface area contributed by atoms with Crippen molar-refractivity contribution in [2.45, 2.75) is 26.2 Å². The molecule has 158 valence electrons. The number of hydrogen-bond donors (Lipinski definition) is 0. The zero-order chi connectivity index (χ0) is 21.6. The van der Waals surface area contributed by atoms with Crippen LogP contribution in [0.15, 0.2) is 53.3 Å². The molecule has 2 aromatic carbocycles. The van der Waals surface area contributed by atoms with Crippen LogP contribution in [0.1, 0.15) is 43.1 Å². The van der Waals surface area contributed by atoms with Gasteiger partial charge in [-0.05, 0) is 54.0 Å². The average Bonchev–Trinajstić information content (AvgIpc) is 3.31. The minimum absolute atomic E-state index is 0.200. The molecule has 5 nitrogen and oxygen atoms in total.